The van der Waals surface area contributed by atoms with Crippen LogP contribution in [0.1, 0.15) is 17.4 Å². The highest BCUT2D eigenvalue weighted by atomic mass is 35.5. The fraction of sp³-hybridized carbons (Fsp3) is 0.0714. The van der Waals surface area contributed by atoms with Crippen LogP contribution in [0.5, 0.6) is 0 Å². The number of benzene rings is 1. The van der Waals surface area contributed by atoms with Crippen LogP contribution in [0.15, 0.2) is 30.3 Å². The predicted molar refractivity (Wildman–Crippen MR) is 82.9 cm³/mol. The fourth-order valence-corrected chi connectivity index (χ4v) is 1.99. The number of halogens is 3. The monoisotopic (exact) mass is 341 g/mol. The van der Waals surface area contributed by atoms with E-state index in [-0.39, 0.29) is 27.2 Å². The summed E-state index contributed by atoms with van der Waals surface area (Å²) in [6, 6.07) is 6.64. The minimum absolute atomic E-state index is 0.0459. The lowest BCUT2D eigenvalue weighted by atomic mass is 10.2. The van der Waals surface area contributed by atoms with E-state index in [1.54, 1.807) is 0 Å². The van der Waals surface area contributed by atoms with E-state index in [2.05, 4.69) is 15.6 Å². The van der Waals surface area contributed by atoms with Crippen LogP contribution in [0.3, 0.4) is 0 Å². The van der Waals surface area contributed by atoms with E-state index in [9.17, 15) is 14.0 Å². The molecule has 0 saturated carbocycles. The number of hydrogen-bond acceptors (Lipinski definition) is 3. The third-order valence-corrected chi connectivity index (χ3v) is 3.08. The van der Waals surface area contributed by atoms with Gasteiger partial charge in [0.05, 0.1) is 10.7 Å². The molecule has 0 atom stereocenters. The molecule has 5 nitrogen and oxygen atoms in total. The number of carbonyl (C=O) groups is 2. The Bertz CT molecular complexity index is 753. The molecule has 2 aromatic rings. The smallest absolute Gasteiger partial charge is 0.275 e. The molecule has 0 unspecified atom stereocenters. The van der Waals surface area contributed by atoms with Crippen molar-refractivity contribution in [2.75, 3.05) is 10.6 Å². The Morgan fingerprint density at radius 3 is 2.55 bits per heavy atom. The van der Waals surface area contributed by atoms with Crippen molar-refractivity contribution >= 4 is 46.4 Å². The van der Waals surface area contributed by atoms with Crippen molar-refractivity contribution in [3.8, 4) is 0 Å². The summed E-state index contributed by atoms with van der Waals surface area (Å²) in [6.45, 7) is 1.25. The molecule has 0 aliphatic heterocycles. The van der Waals surface area contributed by atoms with Gasteiger partial charge in [0.2, 0.25) is 5.91 Å². The molecule has 0 aliphatic carbocycles. The van der Waals surface area contributed by atoms with E-state index in [0.29, 0.717) is 0 Å². The molecule has 0 fully saturated rings. The van der Waals surface area contributed by atoms with Gasteiger partial charge >= 0.3 is 0 Å². The minimum atomic E-state index is -0.618. The lowest BCUT2D eigenvalue weighted by Gasteiger charge is -2.09. The first kappa shape index (κ1) is 16.2. The first-order valence-corrected chi connectivity index (χ1v) is 6.83. The standard InChI is InChI=1S/C14H10Cl2FN3O2/c1-7(21)18-11-6-8(2-4-10(11)17)19-14(22)13-9(15)3-5-12(16)20-13/h2-6H,1H3,(H,18,21)(H,19,22). The summed E-state index contributed by atoms with van der Waals surface area (Å²) < 4.78 is 13.5. The molecule has 2 amide bonds. The van der Waals surface area contributed by atoms with E-state index in [1.807, 2.05) is 0 Å². The Labute approximate surface area is 135 Å². The summed E-state index contributed by atoms with van der Waals surface area (Å²) in [5.41, 5.74) is 0.169. The van der Waals surface area contributed by atoms with E-state index in [0.717, 1.165) is 6.07 Å². The van der Waals surface area contributed by atoms with Gasteiger partial charge in [0.1, 0.15) is 16.7 Å². The highest BCUT2D eigenvalue weighted by Gasteiger charge is 2.14. The molecule has 0 radical (unpaired) electrons. The third-order valence-electron chi connectivity index (χ3n) is 2.56. The van der Waals surface area contributed by atoms with Crippen molar-refractivity contribution in [3.05, 3.63) is 52.0 Å². The van der Waals surface area contributed by atoms with Crippen LogP contribution in [-0.2, 0) is 4.79 Å². The van der Waals surface area contributed by atoms with Crippen molar-refractivity contribution in [2.24, 2.45) is 0 Å². The average molecular weight is 342 g/mol. The third kappa shape index (κ3) is 3.93. The van der Waals surface area contributed by atoms with Gasteiger partial charge in [-0.05, 0) is 30.3 Å². The number of carbonyl (C=O) groups excluding carboxylic acids is 2. The van der Waals surface area contributed by atoms with Crippen molar-refractivity contribution in [3.63, 3.8) is 0 Å². The van der Waals surface area contributed by atoms with Crippen LogP contribution in [0.4, 0.5) is 15.8 Å². The zero-order valence-electron chi connectivity index (χ0n) is 11.3. The van der Waals surface area contributed by atoms with Crippen LogP contribution in [-0.4, -0.2) is 16.8 Å². The second-order valence-electron chi connectivity index (χ2n) is 4.29. The van der Waals surface area contributed by atoms with Gasteiger partial charge in [0.25, 0.3) is 5.91 Å². The predicted octanol–water partition coefficient (Wildman–Crippen LogP) is 3.74. The number of anilines is 2. The number of rotatable bonds is 3. The van der Waals surface area contributed by atoms with Crippen LogP contribution in [0, 0.1) is 5.82 Å². The van der Waals surface area contributed by atoms with E-state index >= 15 is 0 Å². The highest BCUT2D eigenvalue weighted by Crippen LogP contribution is 2.22. The molecule has 2 rings (SSSR count). The summed E-state index contributed by atoms with van der Waals surface area (Å²) >= 11 is 11.6. The zero-order chi connectivity index (χ0) is 16.3. The van der Waals surface area contributed by atoms with Crippen molar-refractivity contribution < 1.29 is 14.0 Å². The summed E-state index contributed by atoms with van der Waals surface area (Å²) in [5, 5.41) is 5.07. The summed E-state index contributed by atoms with van der Waals surface area (Å²) in [7, 11) is 0. The molecule has 22 heavy (non-hydrogen) atoms. The number of hydrogen-bond donors (Lipinski definition) is 2. The normalized spacial score (nSPS) is 10.2. The van der Waals surface area contributed by atoms with Gasteiger partial charge in [-0.2, -0.15) is 0 Å². The highest BCUT2D eigenvalue weighted by molar-refractivity contribution is 6.35. The van der Waals surface area contributed by atoms with Crippen molar-refractivity contribution in [1.82, 2.24) is 4.98 Å². The van der Waals surface area contributed by atoms with E-state index in [4.69, 9.17) is 23.2 Å². The second-order valence-corrected chi connectivity index (χ2v) is 5.09. The van der Waals surface area contributed by atoms with Crippen LogP contribution in [0.25, 0.3) is 0 Å². The molecule has 0 spiro atoms. The van der Waals surface area contributed by atoms with Gasteiger partial charge in [0, 0.05) is 12.6 Å². The SMILES string of the molecule is CC(=O)Nc1cc(NC(=O)c2nc(Cl)ccc2Cl)ccc1F. The Kier molecular flexibility index (Phi) is 4.95. The first-order valence-electron chi connectivity index (χ1n) is 6.07. The minimum Gasteiger partial charge on any atom is -0.324 e. The maximum atomic E-state index is 13.5. The first-order chi connectivity index (χ1) is 10.4. The molecule has 1 aromatic heterocycles. The summed E-state index contributed by atoms with van der Waals surface area (Å²) in [4.78, 5) is 26.9. The maximum absolute atomic E-state index is 13.5. The molecule has 114 valence electrons. The van der Waals surface area contributed by atoms with E-state index < -0.39 is 17.6 Å². The largest absolute Gasteiger partial charge is 0.324 e. The molecule has 0 bridgehead atoms. The maximum Gasteiger partial charge on any atom is 0.275 e. The number of nitrogens with zero attached hydrogens (tertiary/aromatic N) is 1. The second kappa shape index (κ2) is 6.72. The summed E-state index contributed by atoms with van der Waals surface area (Å²) in [5.74, 6) is -1.65. The molecule has 8 heteroatoms. The zero-order valence-corrected chi connectivity index (χ0v) is 12.8. The Balaban J connectivity index is 2.25. The lowest BCUT2D eigenvalue weighted by Crippen LogP contribution is -2.15. The number of nitrogens with one attached hydrogen (secondary N) is 2. The molecule has 0 saturated heterocycles. The quantitative estimate of drug-likeness (QED) is 0.835. The average Bonchev–Trinajstić information content (AvgIpc) is 2.44. The van der Waals surface area contributed by atoms with Crippen molar-refractivity contribution in [1.29, 1.82) is 0 Å². The number of amides is 2. The van der Waals surface area contributed by atoms with Gasteiger partial charge in [-0.1, -0.05) is 23.2 Å². The Morgan fingerprint density at radius 1 is 1.14 bits per heavy atom. The van der Waals surface area contributed by atoms with E-state index in [1.165, 1.54) is 31.2 Å². The molecule has 1 aromatic carbocycles. The van der Waals surface area contributed by atoms with Gasteiger partial charge in [-0.3, -0.25) is 9.59 Å². The molecular formula is C14H10Cl2FN3O2. The lowest BCUT2D eigenvalue weighted by molar-refractivity contribution is -0.114. The number of pyridine rings is 1. The topological polar surface area (TPSA) is 71.1 Å². The van der Waals surface area contributed by atoms with Gasteiger partial charge in [-0.15, -0.1) is 0 Å². The van der Waals surface area contributed by atoms with Gasteiger partial charge in [0.15, 0.2) is 0 Å². The molecular weight excluding hydrogens is 332 g/mol. The Hall–Kier alpha value is -2.18. The van der Waals surface area contributed by atoms with Crippen LogP contribution < -0.4 is 10.6 Å². The summed E-state index contributed by atoms with van der Waals surface area (Å²) in [6.07, 6.45) is 0. The van der Waals surface area contributed by atoms with Crippen LogP contribution in [0.2, 0.25) is 10.2 Å². The van der Waals surface area contributed by atoms with Crippen LogP contribution >= 0.6 is 23.2 Å². The fourth-order valence-electron chi connectivity index (χ4n) is 1.66. The molecule has 1 heterocycles. The Morgan fingerprint density at radius 2 is 1.86 bits per heavy atom. The van der Waals surface area contributed by atoms with Crippen molar-refractivity contribution in [2.45, 2.75) is 6.92 Å². The van der Waals surface area contributed by atoms with Gasteiger partial charge in [-0.25, -0.2) is 9.37 Å². The molecule has 2 N–H and O–H groups in total. The van der Waals surface area contributed by atoms with Gasteiger partial charge < -0.3 is 10.6 Å². The number of aromatic nitrogens is 1. The molecule has 0 aliphatic rings.